The summed E-state index contributed by atoms with van der Waals surface area (Å²) in [5, 5.41) is 11.7. The third-order valence-electron chi connectivity index (χ3n) is 5.33. The van der Waals surface area contributed by atoms with Crippen LogP contribution in [0.2, 0.25) is 0 Å². The zero-order chi connectivity index (χ0) is 21.4. The Hall–Kier alpha value is -3.43. The summed E-state index contributed by atoms with van der Waals surface area (Å²) in [4.78, 5) is 17.1. The summed E-state index contributed by atoms with van der Waals surface area (Å²) in [6.45, 7) is 1.39. The Labute approximate surface area is 182 Å². The van der Waals surface area contributed by atoms with Gasteiger partial charge in [0.1, 0.15) is 17.0 Å². The van der Waals surface area contributed by atoms with Gasteiger partial charge < -0.3 is 10.5 Å². The van der Waals surface area contributed by atoms with Gasteiger partial charge in [-0.1, -0.05) is 18.2 Å². The van der Waals surface area contributed by atoms with Crippen molar-refractivity contribution in [2.75, 3.05) is 18.8 Å². The van der Waals surface area contributed by atoms with Crippen molar-refractivity contribution in [2.45, 2.75) is 18.9 Å². The van der Waals surface area contributed by atoms with Gasteiger partial charge in [-0.25, -0.2) is 14.5 Å². The molecule has 1 aromatic carbocycles. The average Bonchev–Trinajstić information content (AvgIpc) is 3.20. The van der Waals surface area contributed by atoms with E-state index in [-0.39, 0.29) is 17.4 Å². The van der Waals surface area contributed by atoms with E-state index in [1.165, 1.54) is 0 Å². The van der Waals surface area contributed by atoms with Gasteiger partial charge in [-0.3, -0.25) is 9.48 Å². The van der Waals surface area contributed by atoms with E-state index < -0.39 is 0 Å². The summed E-state index contributed by atoms with van der Waals surface area (Å²) in [5.74, 6) is 1.35. The standard InChI is InChI=1S/C21H20ClN7O2/c22-28-10-4-5-14(12-28)29-19-17(20(23)25-26-21(19)30)18(27-29)13-8-9-16(24-11-13)31-15-6-2-1-3-7-15/h1-3,6-9,11,14H,4-5,10,12H2,(H2,23,25)(H,26,30). The number of nitrogen functional groups attached to an aromatic ring is 1. The first-order chi connectivity index (χ1) is 15.1. The number of fused-ring (bicyclic) bond motifs is 1. The molecule has 9 nitrogen and oxygen atoms in total. The number of halogens is 1. The molecule has 1 atom stereocenters. The van der Waals surface area contributed by atoms with Gasteiger partial charge in [0, 0.05) is 30.9 Å². The van der Waals surface area contributed by atoms with E-state index in [0.717, 1.165) is 19.4 Å². The first-order valence-electron chi connectivity index (χ1n) is 9.96. The van der Waals surface area contributed by atoms with Crippen LogP contribution in [0.25, 0.3) is 22.2 Å². The lowest BCUT2D eigenvalue weighted by molar-refractivity contribution is 0.267. The van der Waals surface area contributed by atoms with Gasteiger partial charge in [-0.15, -0.1) is 0 Å². The van der Waals surface area contributed by atoms with E-state index in [1.54, 1.807) is 21.4 Å². The van der Waals surface area contributed by atoms with Crippen molar-refractivity contribution in [1.29, 1.82) is 0 Å². The molecule has 1 aliphatic rings. The van der Waals surface area contributed by atoms with Crippen LogP contribution in [0.4, 0.5) is 5.82 Å². The molecule has 1 aliphatic heterocycles. The van der Waals surface area contributed by atoms with Crippen LogP contribution in [0, 0.1) is 0 Å². The minimum Gasteiger partial charge on any atom is -0.439 e. The largest absolute Gasteiger partial charge is 0.439 e. The molecule has 158 valence electrons. The molecule has 0 aliphatic carbocycles. The fraction of sp³-hybridized carbons (Fsp3) is 0.238. The Bertz CT molecular complexity index is 1270. The number of pyridine rings is 1. The van der Waals surface area contributed by atoms with Crippen LogP contribution < -0.4 is 16.0 Å². The van der Waals surface area contributed by atoms with E-state index in [9.17, 15) is 4.79 Å². The Balaban J connectivity index is 1.57. The molecule has 0 saturated carbocycles. The molecule has 3 aromatic heterocycles. The molecule has 31 heavy (non-hydrogen) atoms. The average molecular weight is 438 g/mol. The van der Waals surface area contributed by atoms with Crippen LogP contribution in [-0.2, 0) is 0 Å². The van der Waals surface area contributed by atoms with Gasteiger partial charge in [0.05, 0.1) is 11.4 Å². The maximum Gasteiger partial charge on any atom is 0.290 e. The van der Waals surface area contributed by atoms with Crippen molar-refractivity contribution in [3.8, 4) is 22.9 Å². The molecule has 0 radical (unpaired) electrons. The second-order valence-corrected chi connectivity index (χ2v) is 7.90. The Morgan fingerprint density at radius 2 is 2.03 bits per heavy atom. The van der Waals surface area contributed by atoms with Crippen LogP contribution in [0.3, 0.4) is 0 Å². The number of aromatic amines is 1. The van der Waals surface area contributed by atoms with E-state index in [0.29, 0.717) is 40.3 Å². The normalized spacial score (nSPS) is 17.1. The number of piperidine rings is 1. The fourth-order valence-corrected chi connectivity index (χ4v) is 4.16. The molecule has 1 saturated heterocycles. The maximum absolute atomic E-state index is 12.7. The summed E-state index contributed by atoms with van der Waals surface area (Å²) in [6, 6.07) is 13.0. The highest BCUT2D eigenvalue weighted by molar-refractivity contribution is 6.13. The fourth-order valence-electron chi connectivity index (χ4n) is 3.88. The van der Waals surface area contributed by atoms with Crippen molar-refractivity contribution >= 4 is 28.5 Å². The predicted octanol–water partition coefficient (Wildman–Crippen LogP) is 3.35. The molecule has 4 heterocycles. The van der Waals surface area contributed by atoms with Gasteiger partial charge in [0.2, 0.25) is 5.88 Å². The maximum atomic E-state index is 12.7. The number of benzene rings is 1. The Morgan fingerprint density at radius 3 is 2.77 bits per heavy atom. The zero-order valence-electron chi connectivity index (χ0n) is 16.5. The van der Waals surface area contributed by atoms with Crippen molar-refractivity contribution in [3.05, 3.63) is 59.0 Å². The number of hydrogen-bond acceptors (Lipinski definition) is 7. The Morgan fingerprint density at radius 1 is 1.19 bits per heavy atom. The van der Waals surface area contributed by atoms with Crippen LogP contribution >= 0.6 is 11.8 Å². The summed E-state index contributed by atoms with van der Waals surface area (Å²) in [5.41, 5.74) is 7.46. The van der Waals surface area contributed by atoms with Crippen molar-refractivity contribution in [2.24, 2.45) is 0 Å². The van der Waals surface area contributed by atoms with Crippen molar-refractivity contribution < 1.29 is 4.74 Å². The molecular weight excluding hydrogens is 418 g/mol. The lowest BCUT2D eigenvalue weighted by atomic mass is 10.1. The van der Waals surface area contributed by atoms with Crippen LogP contribution in [0.1, 0.15) is 18.9 Å². The number of anilines is 1. The van der Waals surface area contributed by atoms with E-state index in [1.807, 2.05) is 36.4 Å². The predicted molar refractivity (Wildman–Crippen MR) is 118 cm³/mol. The van der Waals surface area contributed by atoms with Crippen LogP contribution in [0.5, 0.6) is 11.6 Å². The number of aromatic nitrogens is 5. The highest BCUT2D eigenvalue weighted by Gasteiger charge is 2.27. The van der Waals surface area contributed by atoms with E-state index >= 15 is 0 Å². The van der Waals surface area contributed by atoms with Crippen LogP contribution in [-0.4, -0.2) is 42.5 Å². The molecule has 10 heteroatoms. The number of para-hydroxylation sites is 1. The number of hydrogen-bond donors (Lipinski definition) is 2. The van der Waals surface area contributed by atoms with E-state index in [2.05, 4.69) is 15.2 Å². The number of ether oxygens (including phenoxy) is 1. The lowest BCUT2D eigenvalue weighted by Gasteiger charge is -2.28. The smallest absolute Gasteiger partial charge is 0.290 e. The topological polar surface area (TPSA) is 115 Å². The van der Waals surface area contributed by atoms with Gasteiger partial charge >= 0.3 is 0 Å². The second-order valence-electron chi connectivity index (χ2n) is 7.42. The third kappa shape index (κ3) is 3.73. The summed E-state index contributed by atoms with van der Waals surface area (Å²) >= 11 is 6.24. The first-order valence-corrected chi connectivity index (χ1v) is 10.3. The molecule has 1 unspecified atom stereocenters. The summed E-state index contributed by atoms with van der Waals surface area (Å²) in [7, 11) is 0. The Kier molecular flexibility index (Phi) is 5.05. The molecule has 0 bridgehead atoms. The monoisotopic (exact) mass is 437 g/mol. The first kappa shape index (κ1) is 19.5. The molecule has 0 spiro atoms. The molecule has 1 fully saturated rings. The molecule has 4 aromatic rings. The van der Waals surface area contributed by atoms with Gasteiger partial charge in [0.25, 0.3) is 5.56 Å². The lowest BCUT2D eigenvalue weighted by Crippen LogP contribution is -2.32. The van der Waals surface area contributed by atoms with Crippen molar-refractivity contribution in [3.63, 3.8) is 0 Å². The molecular formula is C21H20ClN7O2. The van der Waals surface area contributed by atoms with Gasteiger partial charge in [-0.05, 0) is 42.8 Å². The minimum atomic E-state index is -0.341. The SMILES string of the molecule is Nc1n[nH]c(=O)c2c1c(-c1ccc(Oc3ccccc3)nc1)nn2C1CCCN(Cl)C1. The van der Waals surface area contributed by atoms with Gasteiger partial charge in [-0.2, -0.15) is 10.2 Å². The number of rotatable bonds is 4. The highest BCUT2D eigenvalue weighted by atomic mass is 35.5. The number of nitrogens with two attached hydrogens (primary N) is 1. The quantitative estimate of drug-likeness (QED) is 0.470. The number of nitrogens with zero attached hydrogens (tertiary/aromatic N) is 5. The minimum absolute atomic E-state index is 0.0425. The number of H-pyrrole nitrogens is 1. The van der Waals surface area contributed by atoms with Crippen molar-refractivity contribution in [1.82, 2.24) is 29.4 Å². The number of nitrogens with one attached hydrogen (secondary N) is 1. The zero-order valence-corrected chi connectivity index (χ0v) is 17.3. The highest BCUT2D eigenvalue weighted by Crippen LogP contribution is 2.33. The molecule has 0 amide bonds. The molecule has 3 N–H and O–H groups in total. The van der Waals surface area contributed by atoms with Gasteiger partial charge in [0.15, 0.2) is 5.82 Å². The summed E-state index contributed by atoms with van der Waals surface area (Å²) in [6.07, 6.45) is 3.43. The van der Waals surface area contributed by atoms with Crippen LogP contribution in [0.15, 0.2) is 53.5 Å². The van der Waals surface area contributed by atoms with E-state index in [4.69, 9.17) is 27.3 Å². The molecule has 5 rings (SSSR count). The second kappa shape index (κ2) is 8.01. The summed E-state index contributed by atoms with van der Waals surface area (Å²) < 4.78 is 9.21. The third-order valence-corrected chi connectivity index (χ3v) is 5.63.